The largest absolute Gasteiger partial charge is 0.326 e. The number of nitrogens with zero attached hydrogens (tertiary/aromatic N) is 1. The lowest BCUT2D eigenvalue weighted by Crippen LogP contribution is -2.39. The van der Waals surface area contributed by atoms with Crippen molar-refractivity contribution in [3.05, 3.63) is 0 Å². The third kappa shape index (κ3) is 0.865. The van der Waals surface area contributed by atoms with Crippen molar-refractivity contribution < 1.29 is 0 Å². The average molecular weight is 163 g/mol. The summed E-state index contributed by atoms with van der Waals surface area (Å²) in [4.78, 5) is 2.43. The first-order valence-electron chi connectivity index (χ1n) is 3.72. The number of rotatable bonds is 0. The van der Waals surface area contributed by atoms with Gasteiger partial charge in [0.25, 0.3) is 0 Å². The van der Waals surface area contributed by atoms with Gasteiger partial charge in [0.2, 0.25) is 0 Å². The maximum Gasteiger partial charge on any atom is 0.0359 e. The van der Waals surface area contributed by atoms with Gasteiger partial charge < -0.3 is 5.73 Å². The van der Waals surface area contributed by atoms with E-state index in [0.717, 1.165) is 0 Å². The molecule has 0 amide bonds. The van der Waals surface area contributed by atoms with Gasteiger partial charge in [-0.15, -0.1) is 12.4 Å². The second kappa shape index (κ2) is 2.36. The van der Waals surface area contributed by atoms with Crippen LogP contribution in [0.15, 0.2) is 0 Å². The van der Waals surface area contributed by atoms with E-state index in [1.807, 2.05) is 0 Å². The molecule has 0 radical (unpaired) electrons. The summed E-state index contributed by atoms with van der Waals surface area (Å²) in [5.41, 5.74) is 6.40. The molecule has 0 aromatic rings. The zero-order chi connectivity index (χ0) is 6.48. The van der Waals surface area contributed by atoms with Gasteiger partial charge in [-0.3, -0.25) is 4.90 Å². The van der Waals surface area contributed by atoms with Crippen LogP contribution in [0.1, 0.15) is 19.3 Å². The molecule has 0 aromatic carbocycles. The maximum absolute atomic E-state index is 5.92. The molecule has 2 fully saturated rings. The zero-order valence-corrected chi connectivity index (χ0v) is 7.16. The maximum atomic E-state index is 5.92. The van der Waals surface area contributed by atoms with Crippen molar-refractivity contribution in [3.63, 3.8) is 0 Å². The second-order valence-corrected chi connectivity index (χ2v) is 3.42. The van der Waals surface area contributed by atoms with Crippen molar-refractivity contribution in [2.45, 2.75) is 30.8 Å². The standard InChI is InChI=1S/C7H14N2.ClH/c1-9-5-2-6(8)7(9)3-4-7;/h6H,2-5,8H2,1H3;1H. The molecule has 1 aliphatic carbocycles. The fourth-order valence-corrected chi connectivity index (χ4v) is 1.99. The van der Waals surface area contributed by atoms with Crippen molar-refractivity contribution in [1.29, 1.82) is 0 Å². The van der Waals surface area contributed by atoms with Crippen LogP contribution in [0.4, 0.5) is 0 Å². The van der Waals surface area contributed by atoms with Crippen LogP contribution in [0.5, 0.6) is 0 Å². The predicted molar refractivity (Wildman–Crippen MR) is 44.4 cm³/mol. The molecule has 1 heterocycles. The molecule has 2 N–H and O–H groups in total. The summed E-state index contributed by atoms with van der Waals surface area (Å²) < 4.78 is 0. The molecule has 60 valence electrons. The topological polar surface area (TPSA) is 29.3 Å². The quantitative estimate of drug-likeness (QED) is 0.566. The van der Waals surface area contributed by atoms with Gasteiger partial charge >= 0.3 is 0 Å². The van der Waals surface area contributed by atoms with Gasteiger partial charge in [0, 0.05) is 11.6 Å². The van der Waals surface area contributed by atoms with E-state index < -0.39 is 0 Å². The molecule has 1 spiro atoms. The first-order chi connectivity index (χ1) is 4.26. The van der Waals surface area contributed by atoms with Crippen molar-refractivity contribution in [2.75, 3.05) is 13.6 Å². The molecule has 1 saturated heterocycles. The number of halogens is 1. The van der Waals surface area contributed by atoms with E-state index in [2.05, 4.69) is 11.9 Å². The van der Waals surface area contributed by atoms with Gasteiger partial charge in [-0.25, -0.2) is 0 Å². The Balaban J connectivity index is 0.000000500. The highest BCUT2D eigenvalue weighted by Gasteiger charge is 2.54. The highest BCUT2D eigenvalue weighted by molar-refractivity contribution is 5.85. The van der Waals surface area contributed by atoms with E-state index in [-0.39, 0.29) is 12.4 Å². The summed E-state index contributed by atoms with van der Waals surface area (Å²) in [5.74, 6) is 0. The lowest BCUT2D eigenvalue weighted by atomic mass is 10.1. The molecule has 0 bridgehead atoms. The Bertz CT molecular complexity index is 122. The van der Waals surface area contributed by atoms with Crippen molar-refractivity contribution in [1.82, 2.24) is 4.90 Å². The van der Waals surface area contributed by atoms with Gasteiger partial charge in [-0.05, 0) is 32.9 Å². The molecule has 2 nitrogen and oxygen atoms in total. The van der Waals surface area contributed by atoms with Crippen LogP contribution in [0.3, 0.4) is 0 Å². The normalized spacial score (nSPS) is 36.0. The molecule has 2 aliphatic rings. The van der Waals surface area contributed by atoms with E-state index in [9.17, 15) is 0 Å². The molecule has 0 aromatic heterocycles. The molecule has 1 aliphatic heterocycles. The monoisotopic (exact) mass is 162 g/mol. The van der Waals surface area contributed by atoms with Crippen LogP contribution in [0.25, 0.3) is 0 Å². The van der Waals surface area contributed by atoms with E-state index in [1.54, 1.807) is 0 Å². The second-order valence-electron chi connectivity index (χ2n) is 3.42. The molecular formula is C7H15ClN2. The lowest BCUT2D eigenvalue weighted by molar-refractivity contribution is 0.277. The summed E-state index contributed by atoms with van der Waals surface area (Å²) in [6.45, 7) is 1.21. The summed E-state index contributed by atoms with van der Waals surface area (Å²) >= 11 is 0. The van der Waals surface area contributed by atoms with Crippen molar-refractivity contribution in [3.8, 4) is 0 Å². The SMILES string of the molecule is CN1CCC(N)C12CC2.Cl. The van der Waals surface area contributed by atoms with Crippen LogP contribution >= 0.6 is 12.4 Å². The fourth-order valence-electron chi connectivity index (χ4n) is 1.99. The smallest absolute Gasteiger partial charge is 0.0359 e. The van der Waals surface area contributed by atoms with Gasteiger partial charge in [-0.2, -0.15) is 0 Å². The van der Waals surface area contributed by atoms with Gasteiger partial charge in [0.15, 0.2) is 0 Å². The first-order valence-corrected chi connectivity index (χ1v) is 3.72. The third-order valence-electron chi connectivity index (χ3n) is 2.99. The molecule has 1 saturated carbocycles. The van der Waals surface area contributed by atoms with E-state index in [4.69, 9.17) is 5.73 Å². The van der Waals surface area contributed by atoms with Crippen LogP contribution < -0.4 is 5.73 Å². The fraction of sp³-hybridized carbons (Fsp3) is 1.00. The van der Waals surface area contributed by atoms with Crippen LogP contribution in [-0.2, 0) is 0 Å². The van der Waals surface area contributed by atoms with E-state index in [0.29, 0.717) is 11.6 Å². The van der Waals surface area contributed by atoms with Gasteiger partial charge in [0.1, 0.15) is 0 Å². The van der Waals surface area contributed by atoms with Crippen molar-refractivity contribution >= 4 is 12.4 Å². The summed E-state index contributed by atoms with van der Waals surface area (Å²) in [6, 6.07) is 0.475. The number of hydrogen-bond acceptors (Lipinski definition) is 2. The third-order valence-corrected chi connectivity index (χ3v) is 2.99. The minimum atomic E-state index is 0. The zero-order valence-electron chi connectivity index (χ0n) is 6.34. The Morgan fingerprint density at radius 1 is 1.50 bits per heavy atom. The van der Waals surface area contributed by atoms with Crippen LogP contribution in [0, 0.1) is 0 Å². The van der Waals surface area contributed by atoms with Crippen molar-refractivity contribution in [2.24, 2.45) is 5.73 Å². The number of likely N-dealkylation sites (tertiary alicyclic amines) is 1. The molecule has 10 heavy (non-hydrogen) atoms. The minimum Gasteiger partial charge on any atom is -0.326 e. The Morgan fingerprint density at radius 3 is 2.30 bits per heavy atom. The van der Waals surface area contributed by atoms with Crippen LogP contribution in [-0.4, -0.2) is 30.1 Å². The number of likely N-dealkylation sites (N-methyl/N-ethyl adjacent to an activating group) is 1. The van der Waals surface area contributed by atoms with Crippen LogP contribution in [0.2, 0.25) is 0 Å². The minimum absolute atomic E-state index is 0. The molecule has 1 unspecified atom stereocenters. The Hall–Kier alpha value is 0.210. The number of hydrogen-bond donors (Lipinski definition) is 1. The predicted octanol–water partition coefficient (Wildman–Crippen LogP) is 0.604. The van der Waals surface area contributed by atoms with E-state index >= 15 is 0 Å². The molecule has 2 rings (SSSR count). The molecular weight excluding hydrogens is 148 g/mol. The first kappa shape index (κ1) is 8.31. The highest BCUT2D eigenvalue weighted by Crippen LogP contribution is 2.47. The Kier molecular flexibility index (Phi) is 1.96. The summed E-state index contributed by atoms with van der Waals surface area (Å²) in [7, 11) is 2.19. The summed E-state index contributed by atoms with van der Waals surface area (Å²) in [5, 5.41) is 0. The van der Waals surface area contributed by atoms with E-state index in [1.165, 1.54) is 25.8 Å². The highest BCUT2D eigenvalue weighted by atomic mass is 35.5. The van der Waals surface area contributed by atoms with Gasteiger partial charge in [-0.1, -0.05) is 0 Å². The molecule has 3 heteroatoms. The summed E-state index contributed by atoms with van der Waals surface area (Å²) in [6.07, 6.45) is 3.88. The number of nitrogens with two attached hydrogens (primary N) is 1. The molecule has 1 atom stereocenters. The van der Waals surface area contributed by atoms with Gasteiger partial charge in [0.05, 0.1) is 0 Å². The lowest BCUT2D eigenvalue weighted by Gasteiger charge is -2.20. The average Bonchev–Trinajstić information content (AvgIpc) is 2.56. The Morgan fingerprint density at radius 2 is 2.10 bits per heavy atom. The Labute approximate surface area is 68.2 Å².